The first kappa shape index (κ1) is 21.2. The molecule has 0 unspecified atom stereocenters. The van der Waals surface area contributed by atoms with E-state index in [2.05, 4.69) is 15.7 Å². The minimum atomic E-state index is -4.51. The summed E-state index contributed by atoms with van der Waals surface area (Å²) >= 11 is 6.00. The molecule has 2 aromatic carbocycles. The molecular formula is C22H20ClF3N4O. The molecule has 3 aromatic rings. The number of carbonyl (C=O) groups is 1. The summed E-state index contributed by atoms with van der Waals surface area (Å²) in [6.45, 7) is 3.71. The molecular weight excluding hydrogens is 429 g/mol. The van der Waals surface area contributed by atoms with E-state index in [1.54, 1.807) is 37.3 Å². The van der Waals surface area contributed by atoms with Gasteiger partial charge in [0.05, 0.1) is 12.2 Å². The van der Waals surface area contributed by atoms with Crippen molar-refractivity contribution in [3.8, 4) is 0 Å². The first-order valence-electron chi connectivity index (χ1n) is 9.68. The molecule has 1 amide bonds. The van der Waals surface area contributed by atoms with Crippen LogP contribution in [0.2, 0.25) is 5.02 Å². The Balaban J connectivity index is 1.70. The fourth-order valence-corrected chi connectivity index (χ4v) is 3.84. The Morgan fingerprint density at radius 2 is 1.90 bits per heavy atom. The first-order chi connectivity index (χ1) is 14.6. The average Bonchev–Trinajstić information content (AvgIpc) is 3.14. The van der Waals surface area contributed by atoms with Crippen LogP contribution in [0.4, 0.5) is 24.7 Å². The number of halogens is 4. The number of amides is 1. The lowest BCUT2D eigenvalue weighted by Gasteiger charge is -2.34. The molecule has 31 heavy (non-hydrogen) atoms. The number of rotatable bonds is 3. The van der Waals surface area contributed by atoms with Gasteiger partial charge in [0, 0.05) is 17.1 Å². The molecule has 0 radical (unpaired) electrons. The van der Waals surface area contributed by atoms with Crippen molar-refractivity contribution < 1.29 is 18.0 Å². The van der Waals surface area contributed by atoms with Gasteiger partial charge >= 0.3 is 6.18 Å². The predicted molar refractivity (Wildman–Crippen MR) is 114 cm³/mol. The summed E-state index contributed by atoms with van der Waals surface area (Å²) in [5, 5.41) is 10.1. The number of nitrogens with zero attached hydrogens (tertiary/aromatic N) is 2. The minimum absolute atomic E-state index is 0.0328. The SMILES string of the molecule is Cc1ccc([C@H]2C[C@@H](C(F)(F)F)n3ncc(C(=O)Nc4cc(Cl)ccc4C)c3N2)cc1. The number of hydrogen-bond acceptors (Lipinski definition) is 3. The van der Waals surface area contributed by atoms with Crippen LogP contribution in [-0.2, 0) is 0 Å². The number of alkyl halides is 3. The molecule has 2 N–H and O–H groups in total. The molecule has 4 rings (SSSR count). The van der Waals surface area contributed by atoms with Gasteiger partial charge in [-0.15, -0.1) is 0 Å². The van der Waals surface area contributed by atoms with E-state index in [1.165, 1.54) is 0 Å². The molecule has 0 aliphatic carbocycles. The maximum absolute atomic E-state index is 13.8. The molecule has 0 bridgehead atoms. The van der Waals surface area contributed by atoms with Gasteiger partial charge in [0.15, 0.2) is 6.04 Å². The van der Waals surface area contributed by atoms with Crippen molar-refractivity contribution in [2.24, 2.45) is 0 Å². The largest absolute Gasteiger partial charge is 0.410 e. The number of aromatic nitrogens is 2. The van der Waals surface area contributed by atoms with Crippen LogP contribution in [0, 0.1) is 13.8 Å². The third-order valence-electron chi connectivity index (χ3n) is 5.41. The Hall–Kier alpha value is -3.00. The fourth-order valence-electron chi connectivity index (χ4n) is 3.66. The number of benzene rings is 2. The van der Waals surface area contributed by atoms with Gasteiger partial charge in [-0.2, -0.15) is 18.3 Å². The zero-order chi connectivity index (χ0) is 22.3. The van der Waals surface area contributed by atoms with E-state index >= 15 is 0 Å². The van der Waals surface area contributed by atoms with Crippen molar-refractivity contribution in [1.29, 1.82) is 0 Å². The molecule has 0 fully saturated rings. The van der Waals surface area contributed by atoms with Crippen LogP contribution >= 0.6 is 11.6 Å². The summed E-state index contributed by atoms with van der Waals surface area (Å²) in [6.07, 6.45) is -3.58. The smallest absolute Gasteiger partial charge is 0.363 e. The Bertz CT molecular complexity index is 1120. The Morgan fingerprint density at radius 1 is 1.19 bits per heavy atom. The second kappa shape index (κ2) is 7.92. The van der Waals surface area contributed by atoms with Crippen LogP contribution in [0.15, 0.2) is 48.7 Å². The third kappa shape index (κ3) is 4.25. The quantitative estimate of drug-likeness (QED) is 0.511. The maximum atomic E-state index is 13.8. The van der Waals surface area contributed by atoms with E-state index in [-0.39, 0.29) is 17.8 Å². The number of carbonyl (C=O) groups excluding carboxylic acids is 1. The standard InChI is InChI=1S/C22H20ClF3N4O/c1-12-3-6-14(7-4-12)18-10-19(22(24,25)26)30-20(28-18)16(11-27-30)21(31)29-17-9-15(23)8-5-13(17)2/h3-9,11,18-19,28H,10H2,1-2H3,(H,29,31)/t18-,19+/m1/s1. The highest BCUT2D eigenvalue weighted by Crippen LogP contribution is 2.44. The van der Waals surface area contributed by atoms with Gasteiger partial charge in [0.1, 0.15) is 11.4 Å². The van der Waals surface area contributed by atoms with Crippen molar-refractivity contribution in [2.45, 2.75) is 38.5 Å². The molecule has 0 saturated carbocycles. The van der Waals surface area contributed by atoms with Crippen molar-refractivity contribution in [3.63, 3.8) is 0 Å². The fraction of sp³-hybridized carbons (Fsp3) is 0.273. The van der Waals surface area contributed by atoms with Crippen molar-refractivity contribution >= 4 is 29.0 Å². The zero-order valence-electron chi connectivity index (χ0n) is 16.8. The molecule has 0 saturated heterocycles. The maximum Gasteiger partial charge on any atom is 0.410 e. The van der Waals surface area contributed by atoms with Crippen molar-refractivity contribution in [2.75, 3.05) is 10.6 Å². The van der Waals surface area contributed by atoms with Gasteiger partial charge in [-0.3, -0.25) is 4.79 Å². The van der Waals surface area contributed by atoms with Crippen LogP contribution in [0.25, 0.3) is 0 Å². The van der Waals surface area contributed by atoms with E-state index < -0.39 is 24.2 Å². The highest BCUT2D eigenvalue weighted by atomic mass is 35.5. The average molecular weight is 449 g/mol. The molecule has 9 heteroatoms. The van der Waals surface area contributed by atoms with E-state index in [1.807, 2.05) is 19.1 Å². The van der Waals surface area contributed by atoms with Gasteiger partial charge in [-0.1, -0.05) is 47.5 Å². The summed E-state index contributed by atoms with van der Waals surface area (Å²) in [5.74, 6) is -0.527. The first-order valence-corrected chi connectivity index (χ1v) is 10.1. The molecule has 2 heterocycles. The Labute approximate surface area is 182 Å². The summed E-state index contributed by atoms with van der Waals surface area (Å²) in [4.78, 5) is 12.9. The lowest BCUT2D eigenvalue weighted by atomic mass is 9.96. The summed E-state index contributed by atoms with van der Waals surface area (Å²) in [5.41, 5.74) is 3.01. The monoisotopic (exact) mass is 448 g/mol. The molecule has 162 valence electrons. The lowest BCUT2D eigenvalue weighted by molar-refractivity contribution is -0.173. The molecule has 1 aliphatic rings. The molecule has 1 aliphatic heterocycles. The second-order valence-electron chi connectivity index (χ2n) is 7.67. The van der Waals surface area contributed by atoms with Crippen molar-refractivity contribution in [3.05, 3.63) is 75.9 Å². The second-order valence-corrected chi connectivity index (χ2v) is 8.10. The lowest BCUT2D eigenvalue weighted by Crippen LogP contribution is -2.36. The minimum Gasteiger partial charge on any atom is -0.363 e. The van der Waals surface area contributed by atoms with E-state index in [0.29, 0.717) is 16.3 Å². The van der Waals surface area contributed by atoms with Crippen LogP contribution in [0.3, 0.4) is 0 Å². The summed E-state index contributed by atoms with van der Waals surface area (Å²) in [6, 6.07) is 9.85. The predicted octanol–water partition coefficient (Wildman–Crippen LogP) is 6.07. The molecule has 2 atom stereocenters. The van der Waals surface area contributed by atoms with Gasteiger partial charge in [-0.05, 0) is 37.1 Å². The van der Waals surface area contributed by atoms with E-state index in [9.17, 15) is 18.0 Å². The van der Waals surface area contributed by atoms with Gasteiger partial charge < -0.3 is 10.6 Å². The topological polar surface area (TPSA) is 59.0 Å². The summed E-state index contributed by atoms with van der Waals surface area (Å²) in [7, 11) is 0. The zero-order valence-corrected chi connectivity index (χ0v) is 17.6. The van der Waals surface area contributed by atoms with Gasteiger partial charge in [0.2, 0.25) is 0 Å². The van der Waals surface area contributed by atoms with E-state index in [0.717, 1.165) is 22.0 Å². The normalized spacial score (nSPS) is 18.3. The third-order valence-corrected chi connectivity index (χ3v) is 5.65. The van der Waals surface area contributed by atoms with E-state index in [4.69, 9.17) is 11.6 Å². The number of anilines is 2. The van der Waals surface area contributed by atoms with Gasteiger partial charge in [-0.25, -0.2) is 4.68 Å². The Kier molecular flexibility index (Phi) is 5.43. The van der Waals surface area contributed by atoms with Crippen LogP contribution < -0.4 is 10.6 Å². The van der Waals surface area contributed by atoms with Crippen LogP contribution in [0.1, 0.15) is 45.6 Å². The number of aryl methyl sites for hydroxylation is 2. The summed E-state index contributed by atoms with van der Waals surface area (Å²) < 4.78 is 42.3. The Morgan fingerprint density at radius 3 is 2.58 bits per heavy atom. The van der Waals surface area contributed by atoms with Crippen LogP contribution in [0.5, 0.6) is 0 Å². The van der Waals surface area contributed by atoms with Crippen LogP contribution in [-0.4, -0.2) is 21.9 Å². The highest BCUT2D eigenvalue weighted by Gasteiger charge is 2.47. The number of hydrogen-bond donors (Lipinski definition) is 2. The highest BCUT2D eigenvalue weighted by molar-refractivity contribution is 6.31. The molecule has 5 nitrogen and oxygen atoms in total. The number of nitrogens with one attached hydrogen (secondary N) is 2. The van der Waals surface area contributed by atoms with Gasteiger partial charge in [0.25, 0.3) is 5.91 Å². The molecule has 0 spiro atoms. The van der Waals surface area contributed by atoms with Crippen molar-refractivity contribution in [1.82, 2.24) is 9.78 Å². The number of fused-ring (bicyclic) bond motifs is 1. The molecule has 1 aromatic heterocycles.